The number of nitrogens with one attached hydrogen (secondary N) is 1. The van der Waals surface area contributed by atoms with Crippen molar-refractivity contribution in [2.75, 3.05) is 58.0 Å². The number of aromatic nitrogens is 3. The van der Waals surface area contributed by atoms with Crippen LogP contribution in [-0.2, 0) is 16.1 Å². The third-order valence-corrected chi connectivity index (χ3v) is 6.29. The molecule has 0 radical (unpaired) electrons. The maximum Gasteiger partial charge on any atom is 0.227 e. The first-order chi connectivity index (χ1) is 18.2. The second-order valence-corrected chi connectivity index (χ2v) is 9.05. The van der Waals surface area contributed by atoms with Gasteiger partial charge in [0.2, 0.25) is 11.8 Å². The number of halogens is 1. The Morgan fingerprint density at radius 3 is 2.86 bits per heavy atom. The van der Waals surface area contributed by atoms with E-state index in [9.17, 15) is 0 Å². The second kappa shape index (κ2) is 12.8. The van der Waals surface area contributed by atoms with E-state index in [4.69, 9.17) is 30.5 Å². The molecule has 2 aromatic heterocycles. The predicted molar refractivity (Wildman–Crippen MR) is 142 cm³/mol. The molecular formula is C27H30ClN5O4. The van der Waals surface area contributed by atoms with Gasteiger partial charge in [-0.3, -0.25) is 4.90 Å². The fraction of sp³-hybridized carbons (Fsp3) is 0.370. The van der Waals surface area contributed by atoms with E-state index < -0.39 is 0 Å². The first-order valence-electron chi connectivity index (χ1n) is 12.4. The van der Waals surface area contributed by atoms with Gasteiger partial charge >= 0.3 is 0 Å². The number of hydrogen-bond donors (Lipinski definition) is 1. The number of fused-ring (bicyclic) bond motifs is 7. The standard InChI is InChI=1S/C27H30ClN5O4/c28-23-18-30-27-31-22-4-5-24(36-15-10-33-8-13-34-14-9-33)21(16-22)19-35-11-2-1-3-12-37-25-17-20(6-7-29-25)26(23)32-27/h1-2,4-7,16-18H,3,8-15,19H2,(H,30,31,32)/b2-1+. The maximum atomic E-state index is 6.45. The Bertz CT molecular complexity index is 1220. The Kier molecular flexibility index (Phi) is 8.81. The van der Waals surface area contributed by atoms with Gasteiger partial charge in [0.25, 0.3) is 0 Å². The Morgan fingerprint density at radius 2 is 1.95 bits per heavy atom. The summed E-state index contributed by atoms with van der Waals surface area (Å²) in [5, 5.41) is 3.73. The van der Waals surface area contributed by atoms with Crippen molar-refractivity contribution < 1.29 is 18.9 Å². The van der Waals surface area contributed by atoms with Crippen LogP contribution < -0.4 is 14.8 Å². The van der Waals surface area contributed by atoms with Gasteiger partial charge in [0, 0.05) is 48.7 Å². The van der Waals surface area contributed by atoms with Crippen molar-refractivity contribution in [3.8, 4) is 22.9 Å². The van der Waals surface area contributed by atoms with Gasteiger partial charge in [0.1, 0.15) is 12.4 Å². The van der Waals surface area contributed by atoms with E-state index in [1.54, 1.807) is 12.4 Å². The molecule has 1 N–H and O–H groups in total. The summed E-state index contributed by atoms with van der Waals surface area (Å²) in [6.45, 7) is 6.26. The minimum absolute atomic E-state index is 0.407. The lowest BCUT2D eigenvalue weighted by atomic mass is 10.2. The Labute approximate surface area is 221 Å². The van der Waals surface area contributed by atoms with E-state index in [0.29, 0.717) is 49.0 Å². The average molecular weight is 524 g/mol. The summed E-state index contributed by atoms with van der Waals surface area (Å²) in [6, 6.07) is 9.59. The Hall–Kier alpha value is -3.24. The number of pyridine rings is 1. The number of rotatable bonds is 4. The second-order valence-electron chi connectivity index (χ2n) is 8.65. The molecule has 6 bridgehead atoms. The summed E-state index contributed by atoms with van der Waals surface area (Å²) < 4.78 is 23.3. The molecule has 0 atom stereocenters. The first kappa shape index (κ1) is 25.4. The van der Waals surface area contributed by atoms with Crippen LogP contribution in [0.25, 0.3) is 11.3 Å². The molecule has 37 heavy (non-hydrogen) atoms. The molecule has 4 heterocycles. The van der Waals surface area contributed by atoms with Crippen LogP contribution in [0.3, 0.4) is 0 Å². The van der Waals surface area contributed by atoms with Crippen LogP contribution in [0.15, 0.2) is 54.9 Å². The van der Waals surface area contributed by atoms with E-state index in [0.717, 1.165) is 61.8 Å². The molecule has 3 aromatic rings. The van der Waals surface area contributed by atoms with E-state index in [2.05, 4.69) is 25.2 Å². The number of hydrogen-bond acceptors (Lipinski definition) is 9. The quantitative estimate of drug-likeness (QED) is 0.496. The van der Waals surface area contributed by atoms with Crippen molar-refractivity contribution >= 4 is 23.2 Å². The monoisotopic (exact) mass is 523 g/mol. The lowest BCUT2D eigenvalue weighted by molar-refractivity contribution is 0.0320. The molecule has 194 valence electrons. The lowest BCUT2D eigenvalue weighted by Crippen LogP contribution is -2.38. The van der Waals surface area contributed by atoms with Gasteiger partial charge < -0.3 is 24.3 Å². The molecule has 0 amide bonds. The van der Waals surface area contributed by atoms with E-state index in [-0.39, 0.29) is 0 Å². The fourth-order valence-electron chi connectivity index (χ4n) is 4.07. The predicted octanol–water partition coefficient (Wildman–Crippen LogP) is 4.50. The summed E-state index contributed by atoms with van der Waals surface area (Å²) in [5.41, 5.74) is 3.16. The summed E-state index contributed by atoms with van der Waals surface area (Å²) >= 11 is 6.45. The van der Waals surface area contributed by atoms with Gasteiger partial charge in [0.15, 0.2) is 0 Å². The van der Waals surface area contributed by atoms with Crippen LogP contribution in [-0.4, -0.2) is 72.5 Å². The molecule has 0 saturated carbocycles. The molecule has 2 aliphatic heterocycles. The highest BCUT2D eigenvalue weighted by Gasteiger charge is 2.13. The van der Waals surface area contributed by atoms with Crippen LogP contribution in [0, 0.1) is 0 Å². The number of anilines is 2. The van der Waals surface area contributed by atoms with Gasteiger partial charge in [-0.05, 0) is 30.7 Å². The third kappa shape index (κ3) is 7.17. The van der Waals surface area contributed by atoms with Crippen molar-refractivity contribution in [1.29, 1.82) is 0 Å². The number of ether oxygens (including phenoxy) is 4. The van der Waals surface area contributed by atoms with Crippen LogP contribution >= 0.6 is 11.6 Å². The maximum absolute atomic E-state index is 6.45. The van der Waals surface area contributed by atoms with E-state index in [1.165, 1.54) is 0 Å². The van der Waals surface area contributed by atoms with E-state index >= 15 is 0 Å². The van der Waals surface area contributed by atoms with E-state index in [1.807, 2.05) is 42.5 Å². The zero-order chi connectivity index (χ0) is 25.3. The van der Waals surface area contributed by atoms with Crippen molar-refractivity contribution in [2.45, 2.75) is 13.0 Å². The molecule has 9 nitrogen and oxygen atoms in total. The summed E-state index contributed by atoms with van der Waals surface area (Å²) in [7, 11) is 0. The largest absolute Gasteiger partial charge is 0.492 e. The molecule has 1 aromatic carbocycles. The van der Waals surface area contributed by atoms with Crippen molar-refractivity contribution in [3.05, 3.63) is 65.5 Å². The van der Waals surface area contributed by atoms with Gasteiger partial charge in [-0.1, -0.05) is 23.8 Å². The van der Waals surface area contributed by atoms with Crippen LogP contribution in [0.1, 0.15) is 12.0 Å². The van der Waals surface area contributed by atoms with Crippen LogP contribution in [0.5, 0.6) is 11.6 Å². The topological polar surface area (TPSA) is 90.9 Å². The van der Waals surface area contributed by atoms with Gasteiger partial charge in [-0.2, -0.15) is 0 Å². The SMILES string of the molecule is Clc1cnc2nc1-c1ccnc(c1)OCC/C=C/COCc1cc(ccc1OCCN1CCOCC1)N2. The Balaban J connectivity index is 1.37. The summed E-state index contributed by atoms with van der Waals surface area (Å²) in [4.78, 5) is 15.7. The highest BCUT2D eigenvalue weighted by molar-refractivity contribution is 6.32. The van der Waals surface area contributed by atoms with Crippen LogP contribution in [0.4, 0.5) is 11.6 Å². The highest BCUT2D eigenvalue weighted by atomic mass is 35.5. The minimum Gasteiger partial charge on any atom is -0.492 e. The zero-order valence-corrected chi connectivity index (χ0v) is 21.3. The van der Waals surface area contributed by atoms with Crippen molar-refractivity contribution in [1.82, 2.24) is 19.9 Å². The minimum atomic E-state index is 0.407. The molecule has 1 saturated heterocycles. The number of morpholine rings is 1. The summed E-state index contributed by atoms with van der Waals surface area (Å²) in [5.74, 6) is 1.74. The Morgan fingerprint density at radius 1 is 1.03 bits per heavy atom. The van der Waals surface area contributed by atoms with Gasteiger partial charge in [-0.25, -0.2) is 15.0 Å². The average Bonchev–Trinajstić information content (AvgIpc) is 2.92. The van der Waals surface area contributed by atoms with Gasteiger partial charge in [0.05, 0.1) is 49.9 Å². The highest BCUT2D eigenvalue weighted by Crippen LogP contribution is 2.30. The lowest BCUT2D eigenvalue weighted by Gasteiger charge is -2.26. The fourth-order valence-corrected chi connectivity index (χ4v) is 4.27. The molecular weight excluding hydrogens is 494 g/mol. The number of benzene rings is 1. The molecule has 5 rings (SSSR count). The molecule has 1 fully saturated rings. The molecule has 0 unspecified atom stereocenters. The molecule has 2 aliphatic rings. The summed E-state index contributed by atoms with van der Waals surface area (Å²) in [6.07, 6.45) is 8.04. The smallest absolute Gasteiger partial charge is 0.227 e. The molecule has 0 spiro atoms. The normalized spacial score (nSPS) is 17.5. The first-order valence-corrected chi connectivity index (χ1v) is 12.8. The van der Waals surface area contributed by atoms with Crippen LogP contribution in [0.2, 0.25) is 5.02 Å². The number of nitrogens with zero attached hydrogens (tertiary/aromatic N) is 4. The molecule has 10 heteroatoms. The zero-order valence-electron chi connectivity index (χ0n) is 20.6. The molecule has 0 aliphatic carbocycles. The third-order valence-electron chi connectivity index (χ3n) is 6.01. The van der Waals surface area contributed by atoms with Crippen molar-refractivity contribution in [3.63, 3.8) is 0 Å². The van der Waals surface area contributed by atoms with Gasteiger partial charge in [-0.15, -0.1) is 0 Å². The van der Waals surface area contributed by atoms with Crippen molar-refractivity contribution in [2.24, 2.45) is 0 Å².